The van der Waals surface area contributed by atoms with Crippen molar-refractivity contribution in [3.63, 3.8) is 0 Å². The first-order valence-corrected chi connectivity index (χ1v) is 4.03. The van der Waals surface area contributed by atoms with Crippen LogP contribution in [0, 0.1) is 0 Å². The number of carbonyl (C=O) groups is 1. The van der Waals surface area contributed by atoms with E-state index in [-0.39, 0.29) is 5.56 Å². The van der Waals surface area contributed by atoms with Crippen LogP contribution in [-0.2, 0) is 4.79 Å². The van der Waals surface area contributed by atoms with Crippen LogP contribution in [0.2, 0.25) is 0 Å². The Kier molecular flexibility index (Phi) is 2.81. The maximum atomic E-state index is 12.8. The molecule has 0 bridgehead atoms. The highest BCUT2D eigenvalue weighted by Crippen LogP contribution is 2.20. The molecule has 2 nitrogen and oxygen atoms in total. The SMILES string of the molecule is O=C(O)C(F)c1cccc(Br)c1. The predicted octanol–water partition coefficient (Wildman–Crippen LogP) is 2.54. The van der Waals surface area contributed by atoms with Gasteiger partial charge in [0.1, 0.15) is 0 Å². The van der Waals surface area contributed by atoms with Gasteiger partial charge in [-0.25, -0.2) is 9.18 Å². The van der Waals surface area contributed by atoms with Crippen LogP contribution in [0.3, 0.4) is 0 Å². The molecule has 0 spiro atoms. The van der Waals surface area contributed by atoms with Crippen LogP contribution in [0.15, 0.2) is 28.7 Å². The van der Waals surface area contributed by atoms with Crippen LogP contribution in [0.25, 0.3) is 0 Å². The van der Waals surface area contributed by atoms with E-state index in [9.17, 15) is 9.18 Å². The van der Waals surface area contributed by atoms with Gasteiger partial charge in [0.2, 0.25) is 6.17 Å². The zero-order valence-corrected chi connectivity index (χ0v) is 7.58. The summed E-state index contributed by atoms with van der Waals surface area (Å²) in [5, 5.41) is 8.34. The Balaban J connectivity index is 2.95. The summed E-state index contributed by atoms with van der Waals surface area (Å²) in [7, 11) is 0. The number of alkyl halides is 1. The van der Waals surface area contributed by atoms with E-state index in [1.807, 2.05) is 0 Å². The van der Waals surface area contributed by atoms with Crippen molar-refractivity contribution < 1.29 is 14.3 Å². The van der Waals surface area contributed by atoms with Gasteiger partial charge in [-0.05, 0) is 17.7 Å². The number of aliphatic carboxylic acids is 1. The van der Waals surface area contributed by atoms with Crippen molar-refractivity contribution in [2.45, 2.75) is 6.17 Å². The molecule has 1 aromatic rings. The molecule has 0 aliphatic rings. The molecule has 0 saturated heterocycles. The van der Waals surface area contributed by atoms with Crippen LogP contribution in [0.5, 0.6) is 0 Å². The monoisotopic (exact) mass is 232 g/mol. The van der Waals surface area contributed by atoms with Crippen LogP contribution >= 0.6 is 15.9 Å². The van der Waals surface area contributed by atoms with Gasteiger partial charge < -0.3 is 5.11 Å². The zero-order chi connectivity index (χ0) is 9.14. The summed E-state index contributed by atoms with van der Waals surface area (Å²) in [6.07, 6.45) is -1.94. The van der Waals surface area contributed by atoms with Gasteiger partial charge in [-0.3, -0.25) is 0 Å². The van der Waals surface area contributed by atoms with Crippen molar-refractivity contribution in [1.29, 1.82) is 0 Å². The van der Waals surface area contributed by atoms with Crippen molar-refractivity contribution >= 4 is 21.9 Å². The molecule has 0 heterocycles. The van der Waals surface area contributed by atoms with Crippen molar-refractivity contribution in [2.75, 3.05) is 0 Å². The first kappa shape index (κ1) is 9.19. The van der Waals surface area contributed by atoms with E-state index in [0.717, 1.165) is 0 Å². The number of carboxylic acids is 1. The highest BCUT2D eigenvalue weighted by atomic mass is 79.9. The quantitative estimate of drug-likeness (QED) is 0.852. The lowest BCUT2D eigenvalue weighted by atomic mass is 10.1. The van der Waals surface area contributed by atoms with E-state index < -0.39 is 12.1 Å². The highest BCUT2D eigenvalue weighted by molar-refractivity contribution is 9.10. The molecule has 0 aromatic heterocycles. The first-order valence-electron chi connectivity index (χ1n) is 3.23. The maximum absolute atomic E-state index is 12.8. The normalized spacial score (nSPS) is 12.5. The number of carboxylic acid groups (broad SMARTS) is 1. The fourth-order valence-corrected chi connectivity index (χ4v) is 1.22. The molecule has 1 aromatic carbocycles. The fraction of sp³-hybridized carbons (Fsp3) is 0.125. The number of hydrogen-bond acceptors (Lipinski definition) is 1. The minimum atomic E-state index is -1.94. The third-order valence-electron chi connectivity index (χ3n) is 1.36. The van der Waals surface area contributed by atoms with Gasteiger partial charge in [-0.2, -0.15) is 0 Å². The Morgan fingerprint density at radius 1 is 1.58 bits per heavy atom. The summed E-state index contributed by atoms with van der Waals surface area (Å²) < 4.78 is 13.5. The standard InChI is InChI=1S/C8H6BrFO2/c9-6-3-1-2-5(4-6)7(10)8(11)12/h1-4,7H,(H,11,12). The van der Waals surface area contributed by atoms with E-state index in [1.165, 1.54) is 12.1 Å². The summed E-state index contributed by atoms with van der Waals surface area (Å²) in [6.45, 7) is 0. The summed E-state index contributed by atoms with van der Waals surface area (Å²) in [6, 6.07) is 6.18. The number of benzene rings is 1. The van der Waals surface area contributed by atoms with Gasteiger partial charge in [0, 0.05) is 4.47 Å². The molecule has 0 amide bonds. The molecule has 0 aliphatic heterocycles. The molecule has 0 radical (unpaired) electrons. The smallest absolute Gasteiger partial charge is 0.343 e. The van der Waals surface area contributed by atoms with Gasteiger partial charge in [0.25, 0.3) is 0 Å². The molecular weight excluding hydrogens is 227 g/mol. The van der Waals surface area contributed by atoms with E-state index in [2.05, 4.69) is 15.9 Å². The minimum Gasteiger partial charge on any atom is -0.479 e. The Morgan fingerprint density at radius 2 is 2.25 bits per heavy atom. The Hall–Kier alpha value is -0.900. The largest absolute Gasteiger partial charge is 0.479 e. The fourth-order valence-electron chi connectivity index (χ4n) is 0.807. The molecule has 1 rings (SSSR count). The second kappa shape index (κ2) is 3.67. The average Bonchev–Trinajstić information content (AvgIpc) is 2.03. The third-order valence-corrected chi connectivity index (χ3v) is 1.85. The van der Waals surface area contributed by atoms with Gasteiger partial charge in [-0.1, -0.05) is 28.1 Å². The van der Waals surface area contributed by atoms with Crippen LogP contribution in [0.4, 0.5) is 4.39 Å². The molecule has 1 unspecified atom stereocenters. The summed E-state index contributed by atoms with van der Waals surface area (Å²) in [5.41, 5.74) is 0.150. The Morgan fingerprint density at radius 3 is 2.75 bits per heavy atom. The zero-order valence-electron chi connectivity index (χ0n) is 6.00. The lowest BCUT2D eigenvalue weighted by Crippen LogP contribution is -2.05. The summed E-state index contributed by atoms with van der Waals surface area (Å²) in [4.78, 5) is 10.2. The average molecular weight is 233 g/mol. The van der Waals surface area contributed by atoms with Gasteiger partial charge in [-0.15, -0.1) is 0 Å². The number of hydrogen-bond donors (Lipinski definition) is 1. The topological polar surface area (TPSA) is 37.3 Å². The molecule has 1 atom stereocenters. The van der Waals surface area contributed by atoms with Crippen LogP contribution < -0.4 is 0 Å². The molecule has 0 aliphatic carbocycles. The van der Waals surface area contributed by atoms with Crippen molar-refractivity contribution in [1.82, 2.24) is 0 Å². The minimum absolute atomic E-state index is 0.150. The second-order valence-electron chi connectivity index (χ2n) is 2.26. The summed E-state index contributed by atoms with van der Waals surface area (Å²) >= 11 is 3.12. The lowest BCUT2D eigenvalue weighted by Gasteiger charge is -2.02. The Labute approximate surface area is 77.2 Å². The maximum Gasteiger partial charge on any atom is 0.343 e. The van der Waals surface area contributed by atoms with Crippen LogP contribution in [-0.4, -0.2) is 11.1 Å². The van der Waals surface area contributed by atoms with Gasteiger partial charge >= 0.3 is 5.97 Å². The molecule has 0 fully saturated rings. The summed E-state index contributed by atoms with van der Waals surface area (Å²) in [5.74, 6) is -1.46. The predicted molar refractivity (Wildman–Crippen MR) is 45.6 cm³/mol. The van der Waals surface area contributed by atoms with E-state index in [0.29, 0.717) is 4.47 Å². The van der Waals surface area contributed by atoms with Crippen molar-refractivity contribution in [3.05, 3.63) is 34.3 Å². The highest BCUT2D eigenvalue weighted by Gasteiger charge is 2.17. The second-order valence-corrected chi connectivity index (χ2v) is 3.17. The van der Waals surface area contributed by atoms with E-state index in [1.54, 1.807) is 12.1 Å². The van der Waals surface area contributed by atoms with Crippen molar-refractivity contribution in [3.8, 4) is 0 Å². The molecule has 4 heteroatoms. The molecule has 64 valence electrons. The lowest BCUT2D eigenvalue weighted by molar-refractivity contribution is -0.143. The third kappa shape index (κ3) is 2.04. The molecule has 12 heavy (non-hydrogen) atoms. The first-order chi connectivity index (χ1) is 5.61. The van der Waals surface area contributed by atoms with E-state index in [4.69, 9.17) is 5.11 Å². The van der Waals surface area contributed by atoms with Gasteiger partial charge in [0.15, 0.2) is 0 Å². The molecule has 0 saturated carbocycles. The number of halogens is 2. The van der Waals surface area contributed by atoms with Crippen LogP contribution in [0.1, 0.15) is 11.7 Å². The van der Waals surface area contributed by atoms with E-state index >= 15 is 0 Å². The molecule has 1 N–H and O–H groups in total. The van der Waals surface area contributed by atoms with Crippen molar-refractivity contribution in [2.24, 2.45) is 0 Å². The number of rotatable bonds is 2. The Bertz CT molecular complexity index is 301. The van der Waals surface area contributed by atoms with Gasteiger partial charge in [0.05, 0.1) is 0 Å². The molecular formula is C8H6BrFO2.